The number of hydrogen-bond donors (Lipinski definition) is 2. The number of nitrogens with two attached hydrogens (primary N) is 1. The molecular formula is C25H24N6O5. The molecule has 36 heavy (non-hydrogen) atoms. The highest BCUT2D eigenvalue weighted by Crippen LogP contribution is 2.33. The number of rotatable bonds is 7. The molecule has 184 valence electrons. The number of H-pyrrole nitrogens is 1. The predicted molar refractivity (Wildman–Crippen MR) is 133 cm³/mol. The zero-order chi connectivity index (χ0) is 25.2. The van der Waals surface area contributed by atoms with Gasteiger partial charge in [0.15, 0.2) is 0 Å². The number of nitrogens with zero attached hydrogens (tertiary/aromatic N) is 4. The molecule has 0 radical (unpaired) electrons. The van der Waals surface area contributed by atoms with Gasteiger partial charge in [0.25, 0.3) is 11.5 Å². The van der Waals surface area contributed by atoms with E-state index in [0.29, 0.717) is 23.7 Å². The van der Waals surface area contributed by atoms with E-state index in [2.05, 4.69) is 10.1 Å². The van der Waals surface area contributed by atoms with Crippen molar-refractivity contribution in [3.8, 4) is 0 Å². The van der Waals surface area contributed by atoms with Crippen molar-refractivity contribution in [2.45, 2.75) is 19.0 Å². The Kier molecular flexibility index (Phi) is 6.03. The zero-order valence-corrected chi connectivity index (χ0v) is 19.5. The summed E-state index contributed by atoms with van der Waals surface area (Å²) in [6, 6.07) is 15.8. The third-order valence-electron chi connectivity index (χ3n) is 5.99. The Bertz CT molecular complexity index is 1500. The highest BCUT2D eigenvalue weighted by Gasteiger charge is 2.36. The molecule has 1 amide bonds. The van der Waals surface area contributed by atoms with Crippen LogP contribution in [0.1, 0.15) is 29.5 Å². The van der Waals surface area contributed by atoms with Gasteiger partial charge in [-0.2, -0.15) is 5.10 Å². The van der Waals surface area contributed by atoms with Crippen molar-refractivity contribution in [3.63, 3.8) is 0 Å². The van der Waals surface area contributed by atoms with Crippen LogP contribution in [0.25, 0.3) is 0 Å². The number of hydrazone groups is 1. The topological polar surface area (TPSA) is 143 Å². The molecule has 0 fully saturated rings. The van der Waals surface area contributed by atoms with Crippen molar-refractivity contribution in [1.29, 1.82) is 0 Å². The fourth-order valence-corrected chi connectivity index (χ4v) is 4.26. The number of furan rings is 2. The molecule has 1 unspecified atom stereocenters. The van der Waals surface area contributed by atoms with E-state index in [9.17, 15) is 14.4 Å². The van der Waals surface area contributed by atoms with Crippen molar-refractivity contribution >= 4 is 23.1 Å². The molecule has 5 rings (SSSR count). The molecule has 0 aliphatic carbocycles. The van der Waals surface area contributed by atoms with Crippen LogP contribution in [0.3, 0.4) is 0 Å². The number of hydrogen-bond acceptors (Lipinski definition) is 8. The van der Waals surface area contributed by atoms with Crippen LogP contribution in [-0.4, -0.2) is 39.8 Å². The van der Waals surface area contributed by atoms with Crippen LogP contribution in [0, 0.1) is 0 Å². The van der Waals surface area contributed by atoms with Crippen molar-refractivity contribution < 1.29 is 13.6 Å². The third kappa shape index (κ3) is 4.33. The number of carbonyl (C=O) groups excluding carboxylic acids is 1. The van der Waals surface area contributed by atoms with Crippen LogP contribution in [0.4, 0.5) is 11.5 Å². The van der Waals surface area contributed by atoms with Gasteiger partial charge in [-0.25, -0.2) is 9.80 Å². The van der Waals surface area contributed by atoms with Crippen LogP contribution in [0.5, 0.6) is 0 Å². The quantitative estimate of drug-likeness (QED) is 0.406. The van der Waals surface area contributed by atoms with Gasteiger partial charge in [0.05, 0.1) is 25.6 Å². The molecule has 3 N–H and O–H groups in total. The van der Waals surface area contributed by atoms with Gasteiger partial charge in [0.2, 0.25) is 0 Å². The Morgan fingerprint density at radius 1 is 1.11 bits per heavy atom. The highest BCUT2D eigenvalue weighted by atomic mass is 16.3. The maximum atomic E-state index is 13.4. The molecule has 0 saturated heterocycles. The molecule has 1 aliphatic rings. The minimum absolute atomic E-state index is 0.0165. The van der Waals surface area contributed by atoms with Crippen LogP contribution in [0.15, 0.2) is 90.6 Å². The lowest BCUT2D eigenvalue weighted by atomic mass is 10.1. The lowest BCUT2D eigenvalue weighted by Gasteiger charge is -2.25. The first-order chi connectivity index (χ1) is 17.4. The van der Waals surface area contributed by atoms with Crippen molar-refractivity contribution in [2.24, 2.45) is 5.10 Å². The normalized spacial score (nSPS) is 15.2. The Labute approximate surface area is 205 Å². The first kappa shape index (κ1) is 23.0. The molecule has 11 heteroatoms. The standard InChI is InChI=1S/C25H24N6O5/c1-29(22-23(26)30(25(34)27-24(22)33)14-16-7-3-2-4-8-16)15-21(32)31-18(20-10-6-12-36-20)13-17(28-31)19-9-5-11-35-19/h2-12,18H,13-15,26H2,1H3,(H,27,33,34). The molecule has 0 spiro atoms. The summed E-state index contributed by atoms with van der Waals surface area (Å²) >= 11 is 0. The Balaban J connectivity index is 1.43. The van der Waals surface area contributed by atoms with Gasteiger partial charge in [0, 0.05) is 13.5 Å². The van der Waals surface area contributed by atoms with Gasteiger partial charge in [0.1, 0.15) is 34.8 Å². The van der Waals surface area contributed by atoms with Gasteiger partial charge in [-0.1, -0.05) is 30.3 Å². The fraction of sp³-hybridized carbons (Fsp3) is 0.200. The molecular weight excluding hydrogens is 464 g/mol. The van der Waals surface area contributed by atoms with Crippen LogP contribution in [-0.2, 0) is 11.3 Å². The first-order valence-electron chi connectivity index (χ1n) is 11.3. The number of nitrogens with one attached hydrogen (secondary N) is 1. The van der Waals surface area contributed by atoms with Crippen molar-refractivity contribution in [2.75, 3.05) is 24.2 Å². The second-order valence-corrected chi connectivity index (χ2v) is 8.42. The van der Waals surface area contributed by atoms with Crippen molar-refractivity contribution in [1.82, 2.24) is 14.6 Å². The fourth-order valence-electron chi connectivity index (χ4n) is 4.26. The van der Waals surface area contributed by atoms with E-state index in [0.717, 1.165) is 5.56 Å². The lowest BCUT2D eigenvalue weighted by Crippen LogP contribution is -2.41. The molecule has 0 bridgehead atoms. The van der Waals surface area contributed by atoms with E-state index in [1.165, 1.54) is 27.0 Å². The summed E-state index contributed by atoms with van der Waals surface area (Å²) < 4.78 is 12.3. The van der Waals surface area contributed by atoms with Crippen molar-refractivity contribution in [3.05, 3.63) is 105 Å². The summed E-state index contributed by atoms with van der Waals surface area (Å²) in [6.45, 7) is -0.0521. The highest BCUT2D eigenvalue weighted by molar-refractivity contribution is 6.01. The summed E-state index contributed by atoms with van der Waals surface area (Å²) in [7, 11) is 1.56. The number of likely N-dealkylation sites (N-methyl/N-ethyl adjacent to an activating group) is 1. The van der Waals surface area contributed by atoms with Gasteiger partial charge < -0.3 is 19.5 Å². The second-order valence-electron chi connectivity index (χ2n) is 8.42. The lowest BCUT2D eigenvalue weighted by molar-refractivity contribution is -0.131. The van der Waals surface area contributed by atoms with E-state index in [1.807, 2.05) is 30.3 Å². The molecule has 3 aromatic heterocycles. The number of anilines is 2. The van der Waals surface area contributed by atoms with E-state index < -0.39 is 17.3 Å². The summed E-state index contributed by atoms with van der Waals surface area (Å²) in [6.07, 6.45) is 3.48. The van der Waals surface area contributed by atoms with Crippen LogP contribution < -0.4 is 21.9 Å². The number of nitrogen functional groups attached to an aromatic ring is 1. The molecule has 4 heterocycles. The molecule has 1 atom stereocenters. The first-order valence-corrected chi connectivity index (χ1v) is 11.3. The SMILES string of the molecule is CN(CC(=O)N1N=C(c2ccco2)CC1c1ccco1)c1c(N)n(Cc2ccccc2)c(=O)[nH]c1=O. The minimum atomic E-state index is -0.680. The maximum Gasteiger partial charge on any atom is 0.330 e. The van der Waals surface area contributed by atoms with Gasteiger partial charge in [-0.15, -0.1) is 0 Å². The van der Waals surface area contributed by atoms with E-state index >= 15 is 0 Å². The number of aromatic nitrogens is 2. The maximum absolute atomic E-state index is 13.4. The van der Waals surface area contributed by atoms with Crippen LogP contribution in [0.2, 0.25) is 0 Å². The smallest absolute Gasteiger partial charge is 0.330 e. The molecule has 11 nitrogen and oxygen atoms in total. The molecule has 1 aliphatic heterocycles. The van der Waals surface area contributed by atoms with Crippen LogP contribution >= 0.6 is 0 Å². The van der Waals surface area contributed by atoms with Gasteiger partial charge in [-0.3, -0.25) is 19.1 Å². The van der Waals surface area contributed by atoms with Gasteiger partial charge in [-0.05, 0) is 29.8 Å². The Morgan fingerprint density at radius 3 is 2.56 bits per heavy atom. The monoisotopic (exact) mass is 488 g/mol. The third-order valence-corrected chi connectivity index (χ3v) is 5.99. The number of carbonyl (C=O) groups is 1. The van der Waals surface area contributed by atoms with Gasteiger partial charge >= 0.3 is 5.69 Å². The number of amides is 1. The molecule has 0 saturated carbocycles. The summed E-state index contributed by atoms with van der Waals surface area (Å²) in [5.41, 5.74) is 6.42. The summed E-state index contributed by atoms with van der Waals surface area (Å²) in [5, 5.41) is 5.83. The number of aromatic amines is 1. The summed E-state index contributed by atoms with van der Waals surface area (Å²) in [5.74, 6) is 0.709. The second kappa shape index (κ2) is 9.45. The largest absolute Gasteiger partial charge is 0.467 e. The minimum Gasteiger partial charge on any atom is -0.467 e. The van der Waals surface area contributed by atoms with E-state index in [1.54, 1.807) is 31.3 Å². The molecule has 1 aromatic carbocycles. The summed E-state index contributed by atoms with van der Waals surface area (Å²) in [4.78, 5) is 42.3. The predicted octanol–water partition coefficient (Wildman–Crippen LogP) is 2.17. The molecule has 4 aromatic rings. The van der Waals surface area contributed by atoms with E-state index in [-0.39, 0.29) is 30.5 Å². The van der Waals surface area contributed by atoms with E-state index in [4.69, 9.17) is 14.6 Å². The Hall–Kier alpha value is -4.80. The average molecular weight is 489 g/mol. The zero-order valence-electron chi connectivity index (χ0n) is 19.5. The average Bonchev–Trinajstić information content (AvgIpc) is 3.63. The number of benzene rings is 1. The Morgan fingerprint density at radius 2 is 1.86 bits per heavy atom.